The van der Waals surface area contributed by atoms with Crippen molar-refractivity contribution in [2.45, 2.75) is 12.8 Å². The van der Waals surface area contributed by atoms with Crippen LogP contribution in [0.3, 0.4) is 0 Å². The lowest BCUT2D eigenvalue weighted by Gasteiger charge is -2.13. The van der Waals surface area contributed by atoms with Crippen molar-refractivity contribution in [1.29, 1.82) is 0 Å². The largest absolute Gasteiger partial charge is 0.351 e. The van der Waals surface area contributed by atoms with E-state index in [1.165, 1.54) is 18.2 Å². The zero-order valence-corrected chi connectivity index (χ0v) is 10.6. The molecule has 1 aromatic rings. The van der Waals surface area contributed by atoms with Crippen LogP contribution in [0.4, 0.5) is 4.39 Å². The maximum atomic E-state index is 13.4. The van der Waals surface area contributed by atoms with Crippen molar-refractivity contribution >= 4 is 29.1 Å². The van der Waals surface area contributed by atoms with E-state index >= 15 is 0 Å². The lowest BCUT2D eigenvalue weighted by atomic mass is 10.1. The lowest BCUT2D eigenvalue weighted by Crippen LogP contribution is -2.31. The Morgan fingerprint density at radius 2 is 2.18 bits per heavy atom. The fourth-order valence-electron chi connectivity index (χ4n) is 1.61. The molecule has 0 bridgehead atoms. The second kappa shape index (κ2) is 4.83. The third kappa shape index (κ3) is 2.72. The molecule has 0 radical (unpaired) electrons. The van der Waals surface area contributed by atoms with Gasteiger partial charge in [-0.05, 0) is 25.0 Å². The van der Waals surface area contributed by atoms with Gasteiger partial charge in [-0.3, -0.25) is 4.79 Å². The third-order valence-electron chi connectivity index (χ3n) is 3.05. The Morgan fingerprint density at radius 3 is 2.71 bits per heavy atom. The van der Waals surface area contributed by atoms with E-state index in [1.54, 1.807) is 0 Å². The zero-order chi connectivity index (χ0) is 12.5. The van der Waals surface area contributed by atoms with Crippen LogP contribution in [0.25, 0.3) is 0 Å². The van der Waals surface area contributed by atoms with E-state index in [-0.39, 0.29) is 16.0 Å². The SMILES string of the molecule is O=C(NCC1(CCl)CC1)c1c(F)cccc1Cl. The normalized spacial score (nSPS) is 16.6. The summed E-state index contributed by atoms with van der Waals surface area (Å²) in [5, 5.41) is 2.81. The van der Waals surface area contributed by atoms with Gasteiger partial charge in [-0.25, -0.2) is 4.39 Å². The van der Waals surface area contributed by atoms with Gasteiger partial charge in [0.15, 0.2) is 0 Å². The van der Waals surface area contributed by atoms with Gasteiger partial charge in [-0.15, -0.1) is 11.6 Å². The molecule has 1 saturated carbocycles. The number of rotatable bonds is 4. The van der Waals surface area contributed by atoms with E-state index in [1.807, 2.05) is 0 Å². The summed E-state index contributed by atoms with van der Waals surface area (Å²) >= 11 is 11.6. The number of hydrogen-bond donors (Lipinski definition) is 1. The van der Waals surface area contributed by atoms with E-state index in [9.17, 15) is 9.18 Å². The summed E-state index contributed by atoms with van der Waals surface area (Å²) in [6.45, 7) is 0.472. The number of hydrogen-bond acceptors (Lipinski definition) is 1. The number of amides is 1. The number of nitrogens with one attached hydrogen (secondary N) is 1. The molecular weight excluding hydrogens is 264 g/mol. The number of halogens is 3. The number of alkyl halides is 1. The van der Waals surface area contributed by atoms with E-state index in [0.717, 1.165) is 12.8 Å². The van der Waals surface area contributed by atoms with Crippen LogP contribution in [0.15, 0.2) is 18.2 Å². The van der Waals surface area contributed by atoms with Gasteiger partial charge in [0.05, 0.1) is 10.6 Å². The lowest BCUT2D eigenvalue weighted by molar-refractivity contribution is 0.0942. The second-order valence-electron chi connectivity index (χ2n) is 4.41. The van der Waals surface area contributed by atoms with Gasteiger partial charge in [-0.2, -0.15) is 0 Å². The molecule has 1 aliphatic carbocycles. The number of carbonyl (C=O) groups excluding carboxylic acids is 1. The van der Waals surface area contributed by atoms with Gasteiger partial charge < -0.3 is 5.32 Å². The average Bonchev–Trinajstić information content (AvgIpc) is 3.07. The number of carbonyl (C=O) groups is 1. The van der Waals surface area contributed by atoms with Gasteiger partial charge in [0.1, 0.15) is 5.82 Å². The molecule has 0 spiro atoms. The van der Waals surface area contributed by atoms with Gasteiger partial charge >= 0.3 is 0 Å². The Kier molecular flexibility index (Phi) is 3.59. The average molecular weight is 276 g/mol. The van der Waals surface area contributed by atoms with Crippen LogP contribution >= 0.6 is 23.2 Å². The molecule has 0 aromatic heterocycles. The first-order chi connectivity index (χ1) is 8.08. The monoisotopic (exact) mass is 275 g/mol. The second-order valence-corrected chi connectivity index (χ2v) is 5.09. The van der Waals surface area contributed by atoms with Crippen LogP contribution < -0.4 is 5.32 Å². The molecule has 1 N–H and O–H groups in total. The minimum absolute atomic E-state index is 0.00888. The molecule has 1 aliphatic rings. The van der Waals surface area contributed by atoms with Gasteiger partial charge in [0.25, 0.3) is 5.91 Å². The highest BCUT2D eigenvalue weighted by Gasteiger charge is 2.42. The maximum Gasteiger partial charge on any atom is 0.255 e. The molecule has 2 rings (SSSR count). The maximum absolute atomic E-state index is 13.4. The summed E-state index contributed by atoms with van der Waals surface area (Å²) in [6.07, 6.45) is 2.00. The predicted molar refractivity (Wildman–Crippen MR) is 66.1 cm³/mol. The highest BCUT2D eigenvalue weighted by atomic mass is 35.5. The van der Waals surface area contributed by atoms with Gasteiger partial charge in [-0.1, -0.05) is 17.7 Å². The number of benzene rings is 1. The fraction of sp³-hybridized carbons (Fsp3) is 0.417. The van der Waals surface area contributed by atoms with Crippen molar-refractivity contribution < 1.29 is 9.18 Å². The zero-order valence-electron chi connectivity index (χ0n) is 9.10. The smallest absolute Gasteiger partial charge is 0.255 e. The molecule has 17 heavy (non-hydrogen) atoms. The van der Waals surface area contributed by atoms with Crippen LogP contribution in [0.2, 0.25) is 5.02 Å². The highest BCUT2D eigenvalue weighted by molar-refractivity contribution is 6.33. The van der Waals surface area contributed by atoms with Crippen molar-refractivity contribution in [1.82, 2.24) is 5.32 Å². The molecule has 1 aromatic carbocycles. The molecule has 5 heteroatoms. The Hall–Kier alpha value is -0.800. The van der Waals surface area contributed by atoms with E-state index in [0.29, 0.717) is 12.4 Å². The quantitative estimate of drug-likeness (QED) is 0.840. The molecular formula is C12H12Cl2FNO. The molecule has 1 amide bonds. The summed E-state index contributed by atoms with van der Waals surface area (Å²) in [5.41, 5.74) is -0.0888. The summed E-state index contributed by atoms with van der Waals surface area (Å²) < 4.78 is 13.4. The van der Waals surface area contributed by atoms with Gasteiger partial charge in [0.2, 0.25) is 0 Å². The Bertz CT molecular complexity index is 426. The molecule has 0 unspecified atom stereocenters. The molecule has 0 atom stereocenters. The van der Waals surface area contributed by atoms with Crippen molar-refractivity contribution in [2.24, 2.45) is 5.41 Å². The first-order valence-electron chi connectivity index (χ1n) is 5.36. The van der Waals surface area contributed by atoms with Crippen molar-refractivity contribution in [3.8, 4) is 0 Å². The summed E-state index contributed by atoms with van der Waals surface area (Å²) in [7, 11) is 0. The Labute approximate surface area is 109 Å². The Morgan fingerprint density at radius 1 is 1.47 bits per heavy atom. The topological polar surface area (TPSA) is 29.1 Å². The minimum atomic E-state index is -0.606. The first kappa shape index (κ1) is 12.7. The summed E-state index contributed by atoms with van der Waals surface area (Å²) in [4.78, 5) is 11.8. The summed E-state index contributed by atoms with van der Waals surface area (Å²) in [6, 6.07) is 4.18. The van der Waals surface area contributed by atoms with Crippen LogP contribution in [-0.4, -0.2) is 18.3 Å². The minimum Gasteiger partial charge on any atom is -0.351 e. The molecule has 1 fully saturated rings. The van der Waals surface area contributed by atoms with Crippen LogP contribution in [0, 0.1) is 11.2 Å². The summed E-state index contributed by atoms with van der Waals surface area (Å²) in [5.74, 6) is -0.576. The molecule has 0 saturated heterocycles. The van der Waals surface area contributed by atoms with Crippen LogP contribution in [-0.2, 0) is 0 Å². The molecule has 2 nitrogen and oxygen atoms in total. The van der Waals surface area contributed by atoms with Crippen molar-refractivity contribution in [2.75, 3.05) is 12.4 Å². The van der Waals surface area contributed by atoms with E-state index in [2.05, 4.69) is 5.32 Å². The van der Waals surface area contributed by atoms with Gasteiger partial charge in [0, 0.05) is 17.8 Å². The van der Waals surface area contributed by atoms with Crippen LogP contribution in [0.5, 0.6) is 0 Å². The Balaban J connectivity index is 2.05. The van der Waals surface area contributed by atoms with Crippen molar-refractivity contribution in [3.63, 3.8) is 0 Å². The highest BCUT2D eigenvalue weighted by Crippen LogP contribution is 2.45. The van der Waals surface area contributed by atoms with Crippen LogP contribution in [0.1, 0.15) is 23.2 Å². The fourth-order valence-corrected chi connectivity index (χ4v) is 2.22. The standard InChI is InChI=1S/C12H12Cl2FNO/c13-6-12(4-5-12)7-16-11(17)10-8(14)2-1-3-9(10)15/h1-3H,4-7H2,(H,16,17). The van der Waals surface area contributed by atoms with E-state index in [4.69, 9.17) is 23.2 Å². The van der Waals surface area contributed by atoms with E-state index < -0.39 is 11.7 Å². The third-order valence-corrected chi connectivity index (χ3v) is 3.94. The first-order valence-corrected chi connectivity index (χ1v) is 6.27. The van der Waals surface area contributed by atoms with Crippen molar-refractivity contribution in [3.05, 3.63) is 34.6 Å². The molecule has 0 heterocycles. The molecule has 92 valence electrons. The molecule has 0 aliphatic heterocycles. The predicted octanol–water partition coefficient (Wildman–Crippen LogP) is 3.23.